The molecule has 0 bridgehead atoms. The molecule has 0 aromatic carbocycles. The van der Waals surface area contributed by atoms with Crippen LogP contribution in [0.15, 0.2) is 22.0 Å². The number of aromatic nitrogens is 8. The standard InChI is InChI=1S/C14H20N4O2.C10H12N4O2.C4H9Br/c1-5-6-7-18-12-10(8-15-14(17-12)20-4)16-11(9(2)3)13(18)19;1-5(2)7-9(15)13-8-6(12-7)4-11-10(14-8)16-3;1-2-3-4-5/h8-9H,5-7H2,1-4H3;4-5H,1-3H3,(H,11,13,14,15);2-4H2,1H3. The molecule has 0 amide bonds. The molecule has 0 aliphatic rings. The predicted molar refractivity (Wildman–Crippen MR) is 164 cm³/mol. The van der Waals surface area contributed by atoms with E-state index in [4.69, 9.17) is 9.47 Å². The zero-order valence-electron chi connectivity index (χ0n) is 25.2. The van der Waals surface area contributed by atoms with Gasteiger partial charge in [-0.3, -0.25) is 14.2 Å². The molecule has 41 heavy (non-hydrogen) atoms. The van der Waals surface area contributed by atoms with Crippen molar-refractivity contribution in [2.24, 2.45) is 0 Å². The van der Waals surface area contributed by atoms with Gasteiger partial charge in [-0.1, -0.05) is 70.3 Å². The van der Waals surface area contributed by atoms with Crippen molar-refractivity contribution in [1.82, 2.24) is 39.5 Å². The van der Waals surface area contributed by atoms with Gasteiger partial charge in [0.25, 0.3) is 11.1 Å². The van der Waals surface area contributed by atoms with E-state index in [-0.39, 0.29) is 35.0 Å². The minimum absolute atomic E-state index is 0.0650. The average Bonchev–Trinajstić information content (AvgIpc) is 2.96. The highest BCUT2D eigenvalue weighted by molar-refractivity contribution is 9.09. The van der Waals surface area contributed by atoms with Crippen LogP contribution in [0.5, 0.6) is 12.0 Å². The van der Waals surface area contributed by atoms with Gasteiger partial charge in [0.15, 0.2) is 11.3 Å². The third-order valence-electron chi connectivity index (χ3n) is 5.82. The van der Waals surface area contributed by atoms with Crippen LogP contribution in [-0.4, -0.2) is 59.0 Å². The molecule has 4 aromatic rings. The summed E-state index contributed by atoms with van der Waals surface area (Å²) in [4.78, 5) is 51.8. The number of ether oxygens (including phenoxy) is 2. The number of nitrogens with zero attached hydrogens (tertiary/aromatic N) is 7. The monoisotopic (exact) mass is 632 g/mol. The Hall–Kier alpha value is -3.48. The SMILES string of the molecule is CCCCBr.CCCCn1c(=O)c(C(C)C)nc2cnc(OC)nc21.COc1ncc2nc(C(C)C)c(=O)[nH]c2n1. The number of aryl methyl sites for hydroxylation is 1. The molecule has 4 heterocycles. The maximum atomic E-state index is 12.5. The van der Waals surface area contributed by atoms with E-state index in [0.29, 0.717) is 40.3 Å². The lowest BCUT2D eigenvalue weighted by molar-refractivity contribution is 0.380. The van der Waals surface area contributed by atoms with Gasteiger partial charge in [0.2, 0.25) is 0 Å². The molecule has 0 saturated carbocycles. The molecule has 0 radical (unpaired) electrons. The van der Waals surface area contributed by atoms with Gasteiger partial charge in [-0.25, -0.2) is 19.9 Å². The number of fused-ring (bicyclic) bond motifs is 2. The van der Waals surface area contributed by atoms with E-state index < -0.39 is 0 Å². The zero-order valence-corrected chi connectivity index (χ0v) is 26.8. The maximum absolute atomic E-state index is 12.5. The lowest BCUT2D eigenvalue weighted by Crippen LogP contribution is -2.27. The van der Waals surface area contributed by atoms with Crippen LogP contribution < -0.4 is 20.6 Å². The van der Waals surface area contributed by atoms with Gasteiger partial charge in [0.05, 0.1) is 26.6 Å². The summed E-state index contributed by atoms with van der Waals surface area (Å²) in [6, 6.07) is 0.462. The van der Waals surface area contributed by atoms with Gasteiger partial charge in [0.1, 0.15) is 22.4 Å². The van der Waals surface area contributed by atoms with Crippen LogP contribution >= 0.6 is 15.9 Å². The number of hydrogen-bond acceptors (Lipinski definition) is 10. The van der Waals surface area contributed by atoms with Crippen molar-refractivity contribution in [3.63, 3.8) is 0 Å². The number of alkyl halides is 1. The minimum Gasteiger partial charge on any atom is -0.467 e. The number of hydrogen-bond donors (Lipinski definition) is 1. The van der Waals surface area contributed by atoms with E-state index in [1.165, 1.54) is 33.3 Å². The molecule has 1 N–H and O–H groups in total. The Balaban J connectivity index is 0.000000251. The maximum Gasteiger partial charge on any atom is 0.318 e. The molecule has 0 atom stereocenters. The molecule has 4 aromatic heterocycles. The van der Waals surface area contributed by atoms with Gasteiger partial charge >= 0.3 is 12.0 Å². The Kier molecular flexibility index (Phi) is 13.7. The van der Waals surface area contributed by atoms with Gasteiger partial charge in [0, 0.05) is 23.7 Å². The molecule has 0 unspecified atom stereocenters. The zero-order chi connectivity index (χ0) is 30.5. The van der Waals surface area contributed by atoms with E-state index >= 15 is 0 Å². The van der Waals surface area contributed by atoms with E-state index in [9.17, 15) is 9.59 Å². The fourth-order valence-electron chi connectivity index (χ4n) is 3.55. The van der Waals surface area contributed by atoms with Crippen molar-refractivity contribution in [3.05, 3.63) is 44.5 Å². The molecular weight excluding hydrogens is 592 g/mol. The van der Waals surface area contributed by atoms with Crippen LogP contribution in [-0.2, 0) is 6.54 Å². The van der Waals surface area contributed by atoms with Gasteiger partial charge in [-0.05, 0) is 12.8 Å². The van der Waals surface area contributed by atoms with E-state index in [2.05, 4.69) is 64.7 Å². The van der Waals surface area contributed by atoms with E-state index in [0.717, 1.165) is 18.2 Å². The second kappa shape index (κ2) is 16.7. The normalized spacial score (nSPS) is 10.8. The van der Waals surface area contributed by atoms with E-state index in [1.54, 1.807) is 10.8 Å². The van der Waals surface area contributed by atoms with Crippen LogP contribution in [0.1, 0.15) is 90.4 Å². The molecular formula is C28H41BrN8O4. The average molecular weight is 634 g/mol. The van der Waals surface area contributed by atoms with Gasteiger partial charge in [-0.2, -0.15) is 9.97 Å². The molecule has 12 nitrogen and oxygen atoms in total. The first-order valence-corrected chi connectivity index (χ1v) is 14.9. The highest BCUT2D eigenvalue weighted by Crippen LogP contribution is 2.15. The Bertz CT molecular complexity index is 1520. The summed E-state index contributed by atoms with van der Waals surface area (Å²) < 4.78 is 11.6. The highest BCUT2D eigenvalue weighted by atomic mass is 79.9. The Morgan fingerprint density at radius 1 is 0.829 bits per heavy atom. The van der Waals surface area contributed by atoms with Gasteiger partial charge in [-0.15, -0.1) is 0 Å². The van der Waals surface area contributed by atoms with Gasteiger partial charge < -0.3 is 14.5 Å². The first kappa shape index (κ1) is 33.7. The molecule has 0 aliphatic heterocycles. The minimum atomic E-state index is -0.219. The first-order chi connectivity index (χ1) is 19.6. The van der Waals surface area contributed by atoms with Crippen LogP contribution in [0.3, 0.4) is 0 Å². The number of halogens is 1. The number of aromatic amines is 1. The number of unbranched alkanes of at least 4 members (excludes halogenated alkanes) is 2. The fourth-order valence-corrected chi connectivity index (χ4v) is 4.11. The summed E-state index contributed by atoms with van der Waals surface area (Å²) in [7, 11) is 2.97. The number of methoxy groups -OCH3 is 2. The summed E-state index contributed by atoms with van der Waals surface area (Å²) in [5.41, 5.74) is 2.88. The summed E-state index contributed by atoms with van der Waals surface area (Å²) in [5.74, 6) is 0.136. The number of H-pyrrole nitrogens is 1. The third-order valence-corrected chi connectivity index (χ3v) is 6.38. The number of nitrogens with one attached hydrogen (secondary N) is 1. The van der Waals surface area contributed by atoms with Crippen LogP contribution in [0.25, 0.3) is 22.3 Å². The molecule has 13 heteroatoms. The number of rotatable bonds is 9. The second-order valence-corrected chi connectivity index (χ2v) is 10.6. The van der Waals surface area contributed by atoms with Crippen molar-refractivity contribution in [3.8, 4) is 12.0 Å². The molecule has 4 rings (SSSR count). The summed E-state index contributed by atoms with van der Waals surface area (Å²) in [5, 5.41) is 1.16. The van der Waals surface area contributed by atoms with Crippen molar-refractivity contribution < 1.29 is 9.47 Å². The van der Waals surface area contributed by atoms with Crippen molar-refractivity contribution in [1.29, 1.82) is 0 Å². The van der Waals surface area contributed by atoms with Crippen LogP contribution in [0.4, 0.5) is 0 Å². The third kappa shape index (κ3) is 9.27. The van der Waals surface area contributed by atoms with Crippen molar-refractivity contribution in [2.75, 3.05) is 19.5 Å². The molecule has 0 spiro atoms. The lowest BCUT2D eigenvalue weighted by atomic mass is 10.1. The van der Waals surface area contributed by atoms with Crippen LogP contribution in [0.2, 0.25) is 0 Å². The van der Waals surface area contributed by atoms with Crippen molar-refractivity contribution >= 4 is 38.3 Å². The molecule has 0 saturated heterocycles. The molecule has 224 valence electrons. The Morgan fingerprint density at radius 3 is 1.90 bits per heavy atom. The predicted octanol–water partition coefficient (Wildman–Crippen LogP) is 5.15. The largest absolute Gasteiger partial charge is 0.467 e. The second-order valence-electron chi connectivity index (χ2n) is 9.77. The molecule has 0 aliphatic carbocycles. The Morgan fingerprint density at radius 2 is 1.39 bits per heavy atom. The molecule has 0 fully saturated rings. The van der Waals surface area contributed by atoms with E-state index in [1.807, 2.05) is 27.7 Å². The summed E-state index contributed by atoms with van der Waals surface area (Å²) >= 11 is 3.31. The van der Waals surface area contributed by atoms with Crippen molar-refractivity contribution in [2.45, 2.75) is 85.6 Å². The fraction of sp³-hybridized carbons (Fsp3) is 0.571. The smallest absolute Gasteiger partial charge is 0.318 e. The Labute approximate surface area is 248 Å². The summed E-state index contributed by atoms with van der Waals surface area (Å²) in [6.45, 7) is 12.7. The quantitative estimate of drug-likeness (QED) is 0.245. The van der Waals surface area contributed by atoms with Crippen LogP contribution in [0, 0.1) is 0 Å². The lowest BCUT2D eigenvalue weighted by Gasteiger charge is -2.12. The highest BCUT2D eigenvalue weighted by Gasteiger charge is 2.15. The summed E-state index contributed by atoms with van der Waals surface area (Å²) in [6.07, 6.45) is 7.67. The first-order valence-electron chi connectivity index (χ1n) is 13.8. The topological polar surface area (TPSA) is 151 Å².